The van der Waals surface area contributed by atoms with Crippen molar-refractivity contribution in [2.45, 2.75) is 71.6 Å². The second-order valence-electron chi connectivity index (χ2n) is 10.6. The van der Waals surface area contributed by atoms with Gasteiger partial charge in [-0.25, -0.2) is 9.78 Å². The number of amides is 1. The molecule has 0 bridgehead atoms. The number of hydrogen-bond donors (Lipinski definition) is 1. The number of ether oxygens (including phenoxy) is 3. The third-order valence-corrected chi connectivity index (χ3v) is 6.64. The average Bonchev–Trinajstić information content (AvgIpc) is 3.31. The van der Waals surface area contributed by atoms with Crippen molar-refractivity contribution >= 4 is 23.2 Å². The number of nitrogens with zero attached hydrogens (tertiary/aromatic N) is 1. The van der Waals surface area contributed by atoms with E-state index in [9.17, 15) is 9.59 Å². The zero-order chi connectivity index (χ0) is 26.6. The standard InChI is InChI=1S/C29H34N2O5S/c1-18(2)15-22(27(33)36-29(3,4)5)31-26(32)25-17-30-28(37-25)34-21-12-14-24-20(16-21)11-13-23(35-24)19-9-7-6-8-10-19/h6-10,12,14,16-18,22-23H,11,13,15H2,1-5H3,(H,31,32)/t22-,23-/m0/s1. The molecule has 0 aliphatic carbocycles. The first-order valence-electron chi connectivity index (χ1n) is 12.6. The summed E-state index contributed by atoms with van der Waals surface area (Å²) in [6.45, 7) is 9.41. The van der Waals surface area contributed by atoms with Crippen LogP contribution < -0.4 is 14.8 Å². The topological polar surface area (TPSA) is 86.8 Å². The van der Waals surface area contributed by atoms with Crippen LogP contribution in [-0.4, -0.2) is 28.5 Å². The Kier molecular flexibility index (Phi) is 8.17. The fourth-order valence-electron chi connectivity index (χ4n) is 4.13. The van der Waals surface area contributed by atoms with Gasteiger partial charge in [0.2, 0.25) is 0 Å². The first-order valence-corrected chi connectivity index (χ1v) is 13.4. The molecule has 3 aromatic rings. The van der Waals surface area contributed by atoms with Crippen LogP contribution in [0.2, 0.25) is 0 Å². The van der Waals surface area contributed by atoms with E-state index < -0.39 is 17.6 Å². The van der Waals surface area contributed by atoms with Crippen LogP contribution in [0.3, 0.4) is 0 Å². The van der Waals surface area contributed by atoms with Crippen LogP contribution in [-0.2, 0) is 16.0 Å². The van der Waals surface area contributed by atoms with Crippen LogP contribution in [0.4, 0.5) is 0 Å². The van der Waals surface area contributed by atoms with Gasteiger partial charge in [0.1, 0.15) is 34.1 Å². The van der Waals surface area contributed by atoms with Gasteiger partial charge in [-0.1, -0.05) is 55.5 Å². The molecule has 4 rings (SSSR count). The van der Waals surface area contributed by atoms with Gasteiger partial charge in [0.05, 0.1) is 6.20 Å². The van der Waals surface area contributed by atoms with Crippen molar-refractivity contribution in [1.29, 1.82) is 0 Å². The molecule has 0 saturated carbocycles. The lowest BCUT2D eigenvalue weighted by atomic mass is 9.97. The quantitative estimate of drug-likeness (QED) is 0.340. The molecule has 8 heteroatoms. The monoisotopic (exact) mass is 522 g/mol. The van der Waals surface area contributed by atoms with Gasteiger partial charge in [0.25, 0.3) is 11.1 Å². The first kappa shape index (κ1) is 26.7. The third kappa shape index (κ3) is 7.32. The third-order valence-electron chi connectivity index (χ3n) is 5.77. The van der Waals surface area contributed by atoms with E-state index >= 15 is 0 Å². The van der Waals surface area contributed by atoms with E-state index in [0.717, 1.165) is 35.5 Å². The minimum Gasteiger partial charge on any atom is -0.485 e. The molecule has 0 spiro atoms. The molecule has 7 nitrogen and oxygen atoms in total. The highest BCUT2D eigenvalue weighted by molar-refractivity contribution is 7.15. The molecule has 0 unspecified atom stereocenters. The molecule has 0 radical (unpaired) electrons. The Balaban J connectivity index is 1.39. The molecule has 2 heterocycles. The number of aryl methyl sites for hydroxylation is 1. The zero-order valence-electron chi connectivity index (χ0n) is 21.9. The maximum atomic E-state index is 12.9. The SMILES string of the molecule is CC(C)C[C@H](NC(=O)c1cnc(Oc2ccc3c(c2)CC[C@@H](c2ccccc2)O3)s1)C(=O)OC(C)(C)C. The van der Waals surface area contributed by atoms with E-state index in [0.29, 0.717) is 22.2 Å². The Morgan fingerprint density at radius 1 is 1.16 bits per heavy atom. The lowest BCUT2D eigenvalue weighted by Crippen LogP contribution is -2.44. The fraction of sp³-hybridized carbons (Fsp3) is 0.414. The molecule has 1 aliphatic rings. The number of rotatable bonds is 8. The summed E-state index contributed by atoms with van der Waals surface area (Å²) in [6, 6.07) is 15.2. The Morgan fingerprint density at radius 2 is 1.92 bits per heavy atom. The molecule has 2 aromatic carbocycles. The fourth-order valence-corrected chi connectivity index (χ4v) is 4.82. The number of nitrogens with one attached hydrogen (secondary N) is 1. The lowest BCUT2D eigenvalue weighted by molar-refractivity contribution is -0.157. The lowest BCUT2D eigenvalue weighted by Gasteiger charge is -2.26. The molecular weight excluding hydrogens is 488 g/mol. The number of hydrogen-bond acceptors (Lipinski definition) is 7. The van der Waals surface area contributed by atoms with Gasteiger partial charge in [-0.05, 0) is 75.3 Å². The highest BCUT2D eigenvalue weighted by Gasteiger charge is 2.28. The molecule has 0 saturated heterocycles. The predicted octanol–water partition coefficient (Wildman–Crippen LogP) is 6.49. The van der Waals surface area contributed by atoms with Crippen molar-refractivity contribution in [3.05, 3.63) is 70.7 Å². The second-order valence-corrected chi connectivity index (χ2v) is 11.6. The smallest absolute Gasteiger partial charge is 0.329 e. The summed E-state index contributed by atoms with van der Waals surface area (Å²) in [6.07, 6.45) is 3.74. The first-order chi connectivity index (χ1) is 17.6. The summed E-state index contributed by atoms with van der Waals surface area (Å²) < 4.78 is 17.7. The number of benzene rings is 2. The summed E-state index contributed by atoms with van der Waals surface area (Å²) in [4.78, 5) is 30.2. The van der Waals surface area contributed by atoms with E-state index in [1.165, 1.54) is 11.8 Å². The Bertz CT molecular complexity index is 1230. The van der Waals surface area contributed by atoms with Crippen molar-refractivity contribution in [2.24, 2.45) is 5.92 Å². The van der Waals surface area contributed by atoms with Gasteiger partial charge in [-0.2, -0.15) is 0 Å². The number of thiazole rings is 1. The van der Waals surface area contributed by atoms with Gasteiger partial charge in [0.15, 0.2) is 0 Å². The summed E-state index contributed by atoms with van der Waals surface area (Å²) in [5, 5.41) is 3.16. The van der Waals surface area contributed by atoms with Gasteiger partial charge in [-0.15, -0.1) is 0 Å². The van der Waals surface area contributed by atoms with Crippen LogP contribution in [0.1, 0.15) is 74.4 Å². The van der Waals surface area contributed by atoms with Gasteiger partial charge < -0.3 is 19.5 Å². The molecule has 196 valence electrons. The highest BCUT2D eigenvalue weighted by atomic mass is 32.1. The van der Waals surface area contributed by atoms with Crippen molar-refractivity contribution in [2.75, 3.05) is 0 Å². The van der Waals surface area contributed by atoms with Crippen molar-refractivity contribution < 1.29 is 23.8 Å². The number of carbonyl (C=O) groups excluding carboxylic acids is 2. The maximum Gasteiger partial charge on any atom is 0.329 e. The van der Waals surface area contributed by atoms with Crippen molar-refractivity contribution in [3.63, 3.8) is 0 Å². The largest absolute Gasteiger partial charge is 0.485 e. The molecule has 2 atom stereocenters. The Labute approximate surface area is 222 Å². The summed E-state index contributed by atoms with van der Waals surface area (Å²) >= 11 is 1.13. The van der Waals surface area contributed by atoms with Gasteiger partial charge in [0, 0.05) is 0 Å². The Morgan fingerprint density at radius 3 is 2.62 bits per heavy atom. The van der Waals surface area contributed by atoms with E-state index in [-0.39, 0.29) is 17.9 Å². The van der Waals surface area contributed by atoms with Crippen LogP contribution >= 0.6 is 11.3 Å². The van der Waals surface area contributed by atoms with Crippen LogP contribution in [0, 0.1) is 5.92 Å². The normalized spacial score (nSPS) is 15.9. The molecule has 37 heavy (non-hydrogen) atoms. The van der Waals surface area contributed by atoms with Crippen molar-refractivity contribution in [1.82, 2.24) is 10.3 Å². The van der Waals surface area contributed by atoms with E-state index in [1.807, 2.05) is 50.2 Å². The molecular formula is C29H34N2O5S. The minimum atomic E-state index is -0.737. The van der Waals surface area contributed by atoms with E-state index in [2.05, 4.69) is 22.4 Å². The number of carbonyl (C=O) groups is 2. The molecule has 1 aliphatic heterocycles. The summed E-state index contributed by atoms with van der Waals surface area (Å²) in [5.41, 5.74) is 1.61. The van der Waals surface area contributed by atoms with E-state index in [4.69, 9.17) is 14.2 Å². The second kappa shape index (κ2) is 11.3. The molecule has 1 aromatic heterocycles. The number of esters is 1. The van der Waals surface area contributed by atoms with Crippen LogP contribution in [0.25, 0.3) is 0 Å². The summed E-state index contributed by atoms with van der Waals surface area (Å²) in [7, 11) is 0. The van der Waals surface area contributed by atoms with Gasteiger partial charge in [-0.3, -0.25) is 4.79 Å². The maximum absolute atomic E-state index is 12.9. The Hall–Kier alpha value is -3.39. The highest BCUT2D eigenvalue weighted by Crippen LogP contribution is 2.38. The van der Waals surface area contributed by atoms with Crippen LogP contribution in [0.5, 0.6) is 16.7 Å². The predicted molar refractivity (Wildman–Crippen MR) is 143 cm³/mol. The number of fused-ring (bicyclic) bond motifs is 1. The minimum absolute atomic E-state index is 0.0423. The number of aromatic nitrogens is 1. The van der Waals surface area contributed by atoms with Crippen LogP contribution in [0.15, 0.2) is 54.7 Å². The molecule has 1 amide bonds. The van der Waals surface area contributed by atoms with Crippen molar-refractivity contribution in [3.8, 4) is 16.7 Å². The zero-order valence-corrected chi connectivity index (χ0v) is 22.8. The van der Waals surface area contributed by atoms with Gasteiger partial charge >= 0.3 is 5.97 Å². The molecule has 1 N–H and O–H groups in total. The van der Waals surface area contributed by atoms with E-state index in [1.54, 1.807) is 20.8 Å². The molecule has 0 fully saturated rings. The average molecular weight is 523 g/mol. The summed E-state index contributed by atoms with van der Waals surface area (Å²) in [5.74, 6) is 0.864.